The first kappa shape index (κ1) is 38.8. The molecule has 67 heavy (non-hydrogen) atoms. The van der Waals surface area contributed by atoms with Gasteiger partial charge in [0.1, 0.15) is 0 Å². The van der Waals surface area contributed by atoms with Gasteiger partial charge in [0.2, 0.25) is 0 Å². The molecule has 10 aromatic rings. The number of benzene rings is 9. The van der Waals surface area contributed by atoms with Crippen molar-refractivity contribution in [3.8, 4) is 90.5 Å². The van der Waals surface area contributed by atoms with Crippen molar-refractivity contribution >= 4 is 10.8 Å². The van der Waals surface area contributed by atoms with E-state index in [0.717, 1.165) is 79.4 Å². The zero-order valence-electron chi connectivity index (χ0n) is 36.4. The minimum absolute atomic E-state index is 0.512. The van der Waals surface area contributed by atoms with E-state index in [-0.39, 0.29) is 0 Å². The predicted molar refractivity (Wildman–Crippen MR) is 269 cm³/mol. The Hall–Kier alpha value is -8.67. The van der Waals surface area contributed by atoms with Crippen LogP contribution < -0.4 is 9.47 Å². The fourth-order valence-electron chi connectivity index (χ4n) is 10.6. The number of aromatic nitrogens is 3. The van der Waals surface area contributed by atoms with Gasteiger partial charge >= 0.3 is 0 Å². The van der Waals surface area contributed by atoms with Gasteiger partial charge in [-0.3, -0.25) is 0 Å². The molecule has 1 unspecified atom stereocenters. The third-order valence-corrected chi connectivity index (χ3v) is 13.5. The lowest BCUT2D eigenvalue weighted by Gasteiger charge is -2.36. The van der Waals surface area contributed by atoms with Crippen molar-refractivity contribution in [2.45, 2.75) is 18.3 Å². The van der Waals surface area contributed by atoms with E-state index in [1.54, 1.807) is 0 Å². The highest BCUT2D eigenvalue weighted by atomic mass is 16.6. The molecule has 1 aromatic heterocycles. The molecule has 316 valence electrons. The summed E-state index contributed by atoms with van der Waals surface area (Å²) < 4.78 is 13.9. The van der Waals surface area contributed by atoms with Crippen LogP contribution in [0.1, 0.15) is 29.5 Å². The lowest BCUT2D eigenvalue weighted by Crippen LogP contribution is -2.29. The second-order valence-corrected chi connectivity index (χ2v) is 17.3. The van der Waals surface area contributed by atoms with E-state index in [9.17, 15) is 0 Å². The van der Waals surface area contributed by atoms with Crippen LogP contribution in [0.4, 0.5) is 0 Å². The van der Waals surface area contributed by atoms with E-state index in [4.69, 9.17) is 24.4 Å². The van der Waals surface area contributed by atoms with Crippen LogP contribution >= 0.6 is 0 Å². The maximum Gasteiger partial charge on any atom is 0.178 e. The molecule has 0 bridgehead atoms. The zero-order chi connectivity index (χ0) is 44.3. The van der Waals surface area contributed by atoms with Crippen molar-refractivity contribution in [1.29, 1.82) is 0 Å². The lowest BCUT2D eigenvalue weighted by atomic mass is 9.66. The van der Waals surface area contributed by atoms with Crippen LogP contribution in [0.3, 0.4) is 0 Å². The van der Waals surface area contributed by atoms with E-state index in [2.05, 4.69) is 176 Å². The summed E-state index contributed by atoms with van der Waals surface area (Å²) in [6, 6.07) is 72.0. The second-order valence-electron chi connectivity index (χ2n) is 17.3. The predicted octanol–water partition coefficient (Wildman–Crippen LogP) is 15.8. The molecule has 0 saturated carbocycles. The smallest absolute Gasteiger partial charge is 0.178 e. The number of fused-ring (bicyclic) bond motifs is 7. The topological polar surface area (TPSA) is 57.1 Å². The third-order valence-electron chi connectivity index (χ3n) is 13.5. The molecule has 5 nitrogen and oxygen atoms in total. The SMILES string of the molecule is C1=CC(C2(c3ccccc3)c3ccccc3-c3c2ccc2c3Oc3cc(-c4ccccc4-c4nc(-c5ccccc5)nc(-c5ccc(-c6ccccc6)c6ccccc56)n4)ccc3O2)=CCC1. The summed E-state index contributed by atoms with van der Waals surface area (Å²) in [6.45, 7) is 0. The lowest BCUT2D eigenvalue weighted by molar-refractivity contribution is 0.360. The quantitative estimate of drug-likeness (QED) is 0.160. The summed E-state index contributed by atoms with van der Waals surface area (Å²) in [4.78, 5) is 15.7. The van der Waals surface area contributed by atoms with Crippen molar-refractivity contribution in [3.63, 3.8) is 0 Å². The Morgan fingerprint density at radius 3 is 1.76 bits per heavy atom. The van der Waals surface area contributed by atoms with Crippen LogP contribution in [-0.4, -0.2) is 15.0 Å². The van der Waals surface area contributed by atoms with E-state index < -0.39 is 5.41 Å². The Balaban J connectivity index is 0.941. The molecular weight excluding hydrogens is 819 g/mol. The van der Waals surface area contributed by atoms with Gasteiger partial charge in [-0.1, -0.05) is 200 Å². The zero-order valence-corrected chi connectivity index (χ0v) is 36.4. The standard InChI is InChI=1S/C62H41N3O2/c1-5-19-40(20-6-1)46-34-35-50(48-29-15-14-28-47(46)48)61-64-59(41-21-7-2-8-22-41)63-60(65-61)49-30-16-13-27-45(49)42-33-37-54-56(39-42)67-58-55(66-54)38-36-53-57(58)51-31-17-18-32-52(51)62(53,43-23-9-3-10-24-43)44-25-11-4-12-26-44/h1-3,5-11,13-39H,4,12H2. The highest BCUT2D eigenvalue weighted by molar-refractivity contribution is 6.04. The number of allylic oxidation sites excluding steroid dienone is 4. The summed E-state index contributed by atoms with van der Waals surface area (Å²) in [7, 11) is 0. The van der Waals surface area contributed by atoms with Crippen molar-refractivity contribution in [3.05, 3.63) is 247 Å². The summed E-state index contributed by atoms with van der Waals surface area (Å²) >= 11 is 0. The molecular formula is C62H41N3O2. The Kier molecular flexibility index (Phi) is 9.14. The molecule has 9 aromatic carbocycles. The Bertz CT molecular complexity index is 3640. The molecule has 0 amide bonds. The molecule has 1 atom stereocenters. The van der Waals surface area contributed by atoms with Gasteiger partial charge in [-0.25, -0.2) is 15.0 Å². The Labute approximate surface area is 389 Å². The van der Waals surface area contributed by atoms with E-state index >= 15 is 0 Å². The van der Waals surface area contributed by atoms with Gasteiger partial charge in [-0.05, 0) is 98.0 Å². The van der Waals surface area contributed by atoms with Gasteiger partial charge in [0, 0.05) is 22.3 Å². The number of hydrogen-bond donors (Lipinski definition) is 0. The van der Waals surface area contributed by atoms with Crippen LogP contribution in [-0.2, 0) is 5.41 Å². The molecule has 2 heterocycles. The summed E-state index contributed by atoms with van der Waals surface area (Å²) in [5, 5.41) is 2.21. The minimum atomic E-state index is -0.512. The monoisotopic (exact) mass is 859 g/mol. The minimum Gasteiger partial charge on any atom is -0.449 e. The van der Waals surface area contributed by atoms with Gasteiger partial charge < -0.3 is 9.47 Å². The molecule has 0 radical (unpaired) electrons. The fraction of sp³-hybridized carbons (Fsp3) is 0.0484. The Morgan fingerprint density at radius 1 is 0.388 bits per heavy atom. The van der Waals surface area contributed by atoms with Gasteiger partial charge in [0.05, 0.1) is 5.41 Å². The fourth-order valence-corrected chi connectivity index (χ4v) is 10.6. The molecule has 0 saturated heterocycles. The van der Waals surface area contributed by atoms with Crippen LogP contribution in [0.5, 0.6) is 23.0 Å². The maximum absolute atomic E-state index is 7.13. The number of hydrogen-bond acceptors (Lipinski definition) is 5. The average Bonchev–Trinajstić information content (AvgIpc) is 3.72. The summed E-state index contributed by atoms with van der Waals surface area (Å²) in [5.41, 5.74) is 13.6. The first-order chi connectivity index (χ1) is 33.2. The average molecular weight is 860 g/mol. The van der Waals surface area contributed by atoms with Crippen LogP contribution in [0.25, 0.3) is 78.3 Å². The van der Waals surface area contributed by atoms with Gasteiger partial charge in [0.25, 0.3) is 0 Å². The molecule has 0 spiro atoms. The number of rotatable bonds is 7. The van der Waals surface area contributed by atoms with E-state index in [1.807, 2.05) is 48.5 Å². The first-order valence-electron chi connectivity index (χ1n) is 22.9. The van der Waals surface area contributed by atoms with Crippen molar-refractivity contribution < 1.29 is 9.47 Å². The van der Waals surface area contributed by atoms with Gasteiger partial charge in [-0.2, -0.15) is 0 Å². The van der Waals surface area contributed by atoms with E-state index in [0.29, 0.717) is 34.7 Å². The number of nitrogens with zero attached hydrogens (tertiary/aromatic N) is 3. The van der Waals surface area contributed by atoms with Crippen LogP contribution in [0, 0.1) is 0 Å². The molecule has 0 fully saturated rings. The first-order valence-corrected chi connectivity index (χ1v) is 22.9. The number of ether oxygens (including phenoxy) is 2. The largest absolute Gasteiger partial charge is 0.449 e. The highest BCUT2D eigenvalue weighted by Crippen LogP contribution is 2.63. The Morgan fingerprint density at radius 2 is 1.00 bits per heavy atom. The van der Waals surface area contributed by atoms with Crippen molar-refractivity contribution in [1.82, 2.24) is 15.0 Å². The summed E-state index contributed by atoms with van der Waals surface area (Å²) in [5.74, 6) is 4.51. The summed E-state index contributed by atoms with van der Waals surface area (Å²) in [6.07, 6.45) is 9.07. The van der Waals surface area contributed by atoms with Crippen LogP contribution in [0.2, 0.25) is 0 Å². The highest BCUT2D eigenvalue weighted by Gasteiger charge is 2.49. The molecule has 13 rings (SSSR count). The molecule has 0 N–H and O–H groups in total. The maximum atomic E-state index is 7.13. The van der Waals surface area contributed by atoms with Gasteiger partial charge in [0.15, 0.2) is 40.5 Å². The molecule has 3 aliphatic rings. The molecule has 1 aliphatic heterocycles. The van der Waals surface area contributed by atoms with Crippen LogP contribution in [0.15, 0.2) is 230 Å². The normalized spacial score (nSPS) is 15.4. The second kappa shape index (κ2) is 15.8. The third kappa shape index (κ3) is 6.27. The van der Waals surface area contributed by atoms with Crippen molar-refractivity contribution in [2.24, 2.45) is 0 Å². The van der Waals surface area contributed by atoms with Gasteiger partial charge in [-0.15, -0.1) is 0 Å². The molecule has 2 aliphatic carbocycles. The van der Waals surface area contributed by atoms with Crippen molar-refractivity contribution in [2.75, 3.05) is 0 Å². The molecule has 5 heteroatoms. The van der Waals surface area contributed by atoms with E-state index in [1.165, 1.54) is 22.3 Å².